The van der Waals surface area contributed by atoms with Gasteiger partial charge < -0.3 is 5.32 Å². The fourth-order valence-corrected chi connectivity index (χ4v) is 2.25. The van der Waals surface area contributed by atoms with Gasteiger partial charge in [-0.25, -0.2) is 0 Å². The van der Waals surface area contributed by atoms with Crippen LogP contribution in [0.1, 0.15) is 25.7 Å². The summed E-state index contributed by atoms with van der Waals surface area (Å²) < 4.78 is 0. The fourth-order valence-electron chi connectivity index (χ4n) is 2.25. The highest BCUT2D eigenvalue weighted by atomic mass is 15.2. The Morgan fingerprint density at radius 3 is 3.09 bits per heavy atom. The Hall–Kier alpha value is -0.0800. The minimum absolute atomic E-state index is 0.867. The van der Waals surface area contributed by atoms with Gasteiger partial charge in [0.05, 0.1) is 0 Å². The highest BCUT2D eigenvalue weighted by Crippen LogP contribution is 2.17. The lowest BCUT2D eigenvalue weighted by molar-refractivity contribution is 0.165. The molecule has 2 nitrogen and oxygen atoms in total. The summed E-state index contributed by atoms with van der Waals surface area (Å²) in [5.74, 6) is 0. The van der Waals surface area contributed by atoms with Gasteiger partial charge in [0, 0.05) is 25.7 Å². The molecule has 0 radical (unpaired) electrons. The van der Waals surface area contributed by atoms with Gasteiger partial charge in [0.25, 0.3) is 0 Å². The topological polar surface area (TPSA) is 15.3 Å². The molecular formula is C9H18N2. The van der Waals surface area contributed by atoms with Gasteiger partial charge in [-0.3, -0.25) is 4.90 Å². The molecule has 0 aromatic carbocycles. The lowest BCUT2D eigenvalue weighted by Gasteiger charge is -2.34. The first-order valence-electron chi connectivity index (χ1n) is 4.91. The molecule has 2 fully saturated rings. The Bertz CT molecular complexity index is 111. The van der Waals surface area contributed by atoms with Crippen LogP contribution in [0.5, 0.6) is 0 Å². The maximum atomic E-state index is 3.47. The second-order valence-corrected chi connectivity index (χ2v) is 3.74. The third kappa shape index (κ3) is 1.74. The Labute approximate surface area is 69.0 Å². The molecule has 0 aliphatic carbocycles. The van der Waals surface area contributed by atoms with Crippen LogP contribution in [0.2, 0.25) is 0 Å². The summed E-state index contributed by atoms with van der Waals surface area (Å²) in [6.07, 6.45) is 5.75. The molecule has 0 unspecified atom stereocenters. The van der Waals surface area contributed by atoms with Crippen LogP contribution in [-0.2, 0) is 0 Å². The number of nitrogens with zero attached hydrogens (tertiary/aromatic N) is 1. The van der Waals surface area contributed by atoms with Crippen molar-refractivity contribution in [3.8, 4) is 0 Å². The van der Waals surface area contributed by atoms with Gasteiger partial charge in [-0.2, -0.15) is 0 Å². The van der Waals surface area contributed by atoms with Gasteiger partial charge in [0.2, 0.25) is 0 Å². The molecule has 2 aliphatic heterocycles. The molecule has 2 heteroatoms. The normalized spacial score (nSPS) is 34.4. The molecule has 0 bridgehead atoms. The van der Waals surface area contributed by atoms with Crippen LogP contribution >= 0.6 is 0 Å². The zero-order valence-electron chi connectivity index (χ0n) is 7.18. The molecule has 0 aromatic heterocycles. The molecule has 2 saturated heterocycles. The quantitative estimate of drug-likeness (QED) is 0.556. The van der Waals surface area contributed by atoms with Gasteiger partial charge in [-0.05, 0) is 19.4 Å². The molecule has 2 rings (SSSR count). The Morgan fingerprint density at radius 1 is 1.09 bits per heavy atom. The molecule has 64 valence electrons. The van der Waals surface area contributed by atoms with Crippen LogP contribution < -0.4 is 5.32 Å². The lowest BCUT2D eigenvalue weighted by atomic mass is 10.1. The zero-order valence-corrected chi connectivity index (χ0v) is 7.18. The lowest BCUT2D eigenvalue weighted by Crippen LogP contribution is -2.50. The molecule has 1 N–H and O–H groups in total. The number of hydrogen-bond acceptors (Lipinski definition) is 2. The minimum atomic E-state index is 0.867. The third-order valence-electron chi connectivity index (χ3n) is 2.95. The van der Waals surface area contributed by atoms with Crippen LogP contribution in [0.3, 0.4) is 0 Å². The number of fused-ring (bicyclic) bond motifs is 1. The second-order valence-electron chi connectivity index (χ2n) is 3.74. The standard InChI is InChI=1S/C9H18N2/c1-2-4-9-8-10-5-7-11(9)6-3-1/h9-10H,1-8H2/t9-/m1/s1. The summed E-state index contributed by atoms with van der Waals surface area (Å²) in [4.78, 5) is 2.67. The van der Waals surface area contributed by atoms with Gasteiger partial charge >= 0.3 is 0 Å². The van der Waals surface area contributed by atoms with E-state index in [-0.39, 0.29) is 0 Å². The largest absolute Gasteiger partial charge is 0.314 e. The SMILES string of the molecule is C1CC[C@@H]2CNCCN2CC1. The highest BCUT2D eigenvalue weighted by Gasteiger charge is 2.22. The number of piperazine rings is 1. The van der Waals surface area contributed by atoms with Crippen molar-refractivity contribution in [2.45, 2.75) is 31.7 Å². The minimum Gasteiger partial charge on any atom is -0.314 e. The van der Waals surface area contributed by atoms with E-state index in [1.165, 1.54) is 51.9 Å². The monoisotopic (exact) mass is 154 g/mol. The van der Waals surface area contributed by atoms with E-state index < -0.39 is 0 Å². The maximum absolute atomic E-state index is 3.47. The summed E-state index contributed by atoms with van der Waals surface area (Å²) in [6.45, 7) is 5.08. The van der Waals surface area contributed by atoms with Crippen LogP contribution in [0.15, 0.2) is 0 Å². The number of nitrogens with one attached hydrogen (secondary N) is 1. The average Bonchev–Trinajstić information content (AvgIpc) is 2.28. The zero-order chi connectivity index (χ0) is 7.52. The first-order valence-corrected chi connectivity index (χ1v) is 4.91. The van der Waals surface area contributed by atoms with E-state index in [1.807, 2.05) is 0 Å². The highest BCUT2D eigenvalue weighted by molar-refractivity contribution is 4.81. The van der Waals surface area contributed by atoms with Gasteiger partial charge in [-0.15, -0.1) is 0 Å². The van der Waals surface area contributed by atoms with Crippen molar-refractivity contribution in [3.05, 3.63) is 0 Å². The molecule has 0 spiro atoms. The van der Waals surface area contributed by atoms with Crippen LogP contribution in [0.4, 0.5) is 0 Å². The van der Waals surface area contributed by atoms with E-state index in [4.69, 9.17) is 0 Å². The maximum Gasteiger partial charge on any atom is 0.0221 e. The van der Waals surface area contributed by atoms with Crippen molar-refractivity contribution in [1.82, 2.24) is 10.2 Å². The van der Waals surface area contributed by atoms with Crippen molar-refractivity contribution >= 4 is 0 Å². The van der Waals surface area contributed by atoms with Crippen molar-refractivity contribution in [2.75, 3.05) is 26.2 Å². The van der Waals surface area contributed by atoms with E-state index in [9.17, 15) is 0 Å². The van der Waals surface area contributed by atoms with Gasteiger partial charge in [0.15, 0.2) is 0 Å². The predicted molar refractivity (Wildman–Crippen MR) is 46.7 cm³/mol. The third-order valence-corrected chi connectivity index (χ3v) is 2.95. The van der Waals surface area contributed by atoms with Crippen LogP contribution in [0.25, 0.3) is 0 Å². The molecule has 2 heterocycles. The van der Waals surface area contributed by atoms with Crippen LogP contribution in [-0.4, -0.2) is 37.1 Å². The summed E-state index contributed by atoms with van der Waals surface area (Å²) in [5.41, 5.74) is 0. The van der Waals surface area contributed by atoms with Crippen molar-refractivity contribution in [2.24, 2.45) is 0 Å². The van der Waals surface area contributed by atoms with E-state index in [1.54, 1.807) is 0 Å². The van der Waals surface area contributed by atoms with Crippen molar-refractivity contribution in [1.29, 1.82) is 0 Å². The number of rotatable bonds is 0. The first kappa shape index (κ1) is 7.56. The van der Waals surface area contributed by atoms with E-state index in [2.05, 4.69) is 10.2 Å². The fraction of sp³-hybridized carbons (Fsp3) is 1.00. The Balaban J connectivity index is 1.93. The molecule has 11 heavy (non-hydrogen) atoms. The van der Waals surface area contributed by atoms with E-state index in [0.29, 0.717) is 0 Å². The summed E-state index contributed by atoms with van der Waals surface area (Å²) in [7, 11) is 0. The predicted octanol–water partition coefficient (Wildman–Crippen LogP) is 0.834. The average molecular weight is 154 g/mol. The van der Waals surface area contributed by atoms with Gasteiger partial charge in [0.1, 0.15) is 0 Å². The van der Waals surface area contributed by atoms with Crippen molar-refractivity contribution < 1.29 is 0 Å². The summed E-state index contributed by atoms with van der Waals surface area (Å²) in [5, 5.41) is 3.47. The van der Waals surface area contributed by atoms with E-state index >= 15 is 0 Å². The smallest absolute Gasteiger partial charge is 0.0221 e. The molecule has 0 aromatic rings. The Kier molecular flexibility index (Phi) is 2.44. The summed E-state index contributed by atoms with van der Waals surface area (Å²) >= 11 is 0. The second kappa shape index (κ2) is 3.55. The van der Waals surface area contributed by atoms with Crippen LogP contribution in [0, 0.1) is 0 Å². The first-order chi connectivity index (χ1) is 5.47. The molecule has 0 amide bonds. The molecule has 0 saturated carbocycles. The van der Waals surface area contributed by atoms with E-state index in [0.717, 1.165) is 6.04 Å². The Morgan fingerprint density at radius 2 is 2.09 bits per heavy atom. The molecular weight excluding hydrogens is 136 g/mol. The van der Waals surface area contributed by atoms with Crippen molar-refractivity contribution in [3.63, 3.8) is 0 Å². The number of hydrogen-bond donors (Lipinski definition) is 1. The van der Waals surface area contributed by atoms with Gasteiger partial charge in [-0.1, -0.05) is 12.8 Å². The molecule has 1 atom stereocenters. The summed E-state index contributed by atoms with van der Waals surface area (Å²) in [6, 6.07) is 0.867. The molecule has 2 aliphatic rings.